The molecule has 0 amide bonds. The molecule has 0 aromatic carbocycles. The molecule has 1 saturated heterocycles. The fraction of sp³-hybridized carbons (Fsp3) is 0.435. The van der Waals surface area contributed by atoms with Gasteiger partial charge in [0.2, 0.25) is 0 Å². The van der Waals surface area contributed by atoms with Crippen molar-refractivity contribution in [2.45, 2.75) is 39.7 Å². The van der Waals surface area contributed by atoms with Gasteiger partial charge in [0.05, 0.1) is 36.1 Å². The molecular formula is C23H32N4O2S. The molecule has 3 rings (SSSR count). The number of β-amino-alcohol motifs (C(OH)–C–C–N with tert-alkyl or cyclic N) is 1. The Morgan fingerprint density at radius 2 is 2.37 bits per heavy atom. The monoisotopic (exact) mass is 428 g/mol. The van der Waals surface area contributed by atoms with Gasteiger partial charge in [0, 0.05) is 29.9 Å². The molecule has 3 N–H and O–H groups in total. The first-order valence-corrected chi connectivity index (χ1v) is 11.3. The number of nitrogens with zero attached hydrogens (tertiary/aromatic N) is 2. The van der Waals surface area contributed by atoms with Crippen molar-refractivity contribution in [3.63, 3.8) is 0 Å². The Balaban J connectivity index is 1.52. The molecular weight excluding hydrogens is 396 g/mol. The number of aryl methyl sites for hydroxylation is 1. The average molecular weight is 429 g/mol. The minimum Gasteiger partial charge on any atom is -0.501 e. The predicted molar refractivity (Wildman–Crippen MR) is 126 cm³/mol. The van der Waals surface area contributed by atoms with Crippen molar-refractivity contribution < 1.29 is 9.84 Å². The van der Waals surface area contributed by atoms with Gasteiger partial charge < -0.3 is 19.7 Å². The number of rotatable bonds is 9. The first-order valence-electron chi connectivity index (χ1n) is 10.5. The second-order valence-electron chi connectivity index (χ2n) is 7.50. The summed E-state index contributed by atoms with van der Waals surface area (Å²) < 4.78 is 5.60. The van der Waals surface area contributed by atoms with Crippen molar-refractivity contribution in [1.29, 1.82) is 0 Å². The number of anilines is 1. The van der Waals surface area contributed by atoms with Gasteiger partial charge in [0.1, 0.15) is 0 Å². The van der Waals surface area contributed by atoms with E-state index in [1.165, 1.54) is 4.88 Å². The predicted octanol–water partition coefficient (Wildman–Crippen LogP) is 2.79. The number of hydrazone groups is 1. The Morgan fingerprint density at radius 1 is 1.50 bits per heavy atom. The van der Waals surface area contributed by atoms with E-state index in [1.807, 2.05) is 32.1 Å². The Hall–Kier alpha value is -2.35. The summed E-state index contributed by atoms with van der Waals surface area (Å²) >= 11 is 1.70. The van der Waals surface area contributed by atoms with E-state index in [9.17, 15) is 5.11 Å². The Kier molecular flexibility index (Phi) is 8.30. The number of hydrogen-bond acceptors (Lipinski definition) is 6. The van der Waals surface area contributed by atoms with Crippen LogP contribution in [0.25, 0.3) is 12.2 Å². The third kappa shape index (κ3) is 6.32. The molecule has 2 aromatic heterocycles. The van der Waals surface area contributed by atoms with Crippen LogP contribution < -0.4 is 16.0 Å². The number of H-pyrrole nitrogens is 1. The van der Waals surface area contributed by atoms with Gasteiger partial charge in [-0.2, -0.15) is 5.10 Å². The lowest BCUT2D eigenvalue weighted by Crippen LogP contribution is -2.23. The molecule has 1 aliphatic rings. The highest BCUT2D eigenvalue weighted by atomic mass is 32.1. The first-order chi connectivity index (χ1) is 14.6. The molecule has 0 aliphatic carbocycles. The standard InChI is InChI=1S/C23H32N4O2S/c1-4-19-15-23(17(2)25-26-21-9-14-30-18(21)3)24-22(19)7-5-12-29-13-6-10-27-11-8-20(28)16-27/h4-5,7,9,12,14-15,20,24,26,28H,6,8,10-11,13,16H2,1-3H3/b12-5+,19-4-,22-7+,25-17+. The van der Waals surface area contributed by atoms with Gasteiger partial charge in [0.15, 0.2) is 0 Å². The molecule has 0 radical (unpaired) electrons. The van der Waals surface area contributed by atoms with Gasteiger partial charge in [-0.3, -0.25) is 5.43 Å². The lowest BCUT2D eigenvalue weighted by atomic mass is 10.3. The molecule has 162 valence electrons. The van der Waals surface area contributed by atoms with Crippen molar-refractivity contribution in [2.24, 2.45) is 5.10 Å². The number of ether oxygens (including phenoxy) is 1. The number of aromatic nitrogens is 1. The van der Waals surface area contributed by atoms with Crippen molar-refractivity contribution in [2.75, 3.05) is 31.7 Å². The highest BCUT2D eigenvalue weighted by Gasteiger charge is 2.18. The van der Waals surface area contributed by atoms with Crippen molar-refractivity contribution in [3.8, 4) is 0 Å². The van der Waals surface area contributed by atoms with E-state index in [0.717, 1.165) is 60.1 Å². The maximum Gasteiger partial charge on any atom is 0.0885 e. The number of nitrogens with one attached hydrogen (secondary N) is 2. The molecule has 1 unspecified atom stereocenters. The second-order valence-corrected chi connectivity index (χ2v) is 8.62. The molecule has 7 heteroatoms. The number of likely N-dealkylation sites (tertiary alicyclic amines) is 1. The summed E-state index contributed by atoms with van der Waals surface area (Å²) in [5.41, 5.74) is 6.06. The van der Waals surface area contributed by atoms with Crippen LogP contribution in [-0.2, 0) is 4.74 Å². The normalized spacial score (nSPS) is 19.3. The molecule has 1 aliphatic heterocycles. The summed E-state index contributed by atoms with van der Waals surface area (Å²) in [6.07, 6.45) is 9.44. The maximum atomic E-state index is 9.54. The Bertz CT molecular complexity index is 989. The zero-order valence-corrected chi connectivity index (χ0v) is 18.8. The quantitative estimate of drug-likeness (QED) is 0.249. The second kappa shape index (κ2) is 11.2. The van der Waals surface area contributed by atoms with Gasteiger partial charge in [-0.05, 0) is 68.5 Å². The maximum absolute atomic E-state index is 9.54. The fourth-order valence-electron chi connectivity index (χ4n) is 3.41. The summed E-state index contributed by atoms with van der Waals surface area (Å²) in [5.74, 6) is 0. The highest BCUT2D eigenvalue weighted by Crippen LogP contribution is 2.20. The molecule has 6 nitrogen and oxygen atoms in total. The molecule has 1 atom stereocenters. The van der Waals surface area contributed by atoms with E-state index in [2.05, 4.69) is 44.9 Å². The van der Waals surface area contributed by atoms with Crippen LogP contribution in [0.5, 0.6) is 0 Å². The number of hydrogen-bond donors (Lipinski definition) is 3. The molecule has 0 spiro atoms. The van der Waals surface area contributed by atoms with Gasteiger partial charge in [-0.25, -0.2) is 0 Å². The van der Waals surface area contributed by atoms with Crippen molar-refractivity contribution in [1.82, 2.24) is 9.88 Å². The van der Waals surface area contributed by atoms with Crippen LogP contribution in [0, 0.1) is 6.92 Å². The summed E-state index contributed by atoms with van der Waals surface area (Å²) in [6, 6.07) is 4.14. The molecule has 0 bridgehead atoms. The topological polar surface area (TPSA) is 72.9 Å². The van der Waals surface area contributed by atoms with E-state index in [0.29, 0.717) is 6.61 Å². The summed E-state index contributed by atoms with van der Waals surface area (Å²) in [7, 11) is 0. The van der Waals surface area contributed by atoms with Crippen LogP contribution in [0.3, 0.4) is 0 Å². The number of aliphatic hydroxyl groups excluding tert-OH is 1. The third-order valence-corrected chi connectivity index (χ3v) is 6.05. The third-order valence-electron chi connectivity index (χ3n) is 5.21. The summed E-state index contributed by atoms with van der Waals surface area (Å²) in [4.78, 5) is 6.93. The van der Waals surface area contributed by atoms with Crippen LogP contribution in [0.2, 0.25) is 0 Å². The Morgan fingerprint density at radius 3 is 3.07 bits per heavy atom. The molecule has 2 aromatic rings. The van der Waals surface area contributed by atoms with Gasteiger partial charge in [-0.15, -0.1) is 11.3 Å². The molecule has 1 fully saturated rings. The van der Waals surface area contributed by atoms with Crippen LogP contribution in [0.15, 0.2) is 35.0 Å². The smallest absolute Gasteiger partial charge is 0.0885 e. The Labute approximate surface area is 182 Å². The average Bonchev–Trinajstić information content (AvgIpc) is 3.45. The lowest BCUT2D eigenvalue weighted by molar-refractivity contribution is 0.169. The SMILES string of the molecule is C/C=c1/cc(/C(C)=N/Nc2ccsc2C)[nH]/c1=C/C=C/OCCCN1CCC(O)C1. The highest BCUT2D eigenvalue weighted by molar-refractivity contribution is 7.10. The van der Waals surface area contributed by atoms with E-state index >= 15 is 0 Å². The van der Waals surface area contributed by atoms with Crippen LogP contribution in [0.4, 0.5) is 5.69 Å². The lowest BCUT2D eigenvalue weighted by Gasteiger charge is -2.13. The van der Waals surface area contributed by atoms with Gasteiger partial charge in [0.25, 0.3) is 0 Å². The van der Waals surface area contributed by atoms with E-state index < -0.39 is 0 Å². The molecule has 30 heavy (non-hydrogen) atoms. The number of aliphatic hydroxyl groups is 1. The van der Waals surface area contributed by atoms with Crippen molar-refractivity contribution >= 4 is 34.9 Å². The minimum absolute atomic E-state index is 0.153. The first kappa shape index (κ1) is 22.3. The summed E-state index contributed by atoms with van der Waals surface area (Å²) in [6.45, 7) is 9.53. The van der Waals surface area contributed by atoms with E-state index in [1.54, 1.807) is 17.6 Å². The minimum atomic E-state index is -0.153. The van der Waals surface area contributed by atoms with Crippen LogP contribution in [0.1, 0.15) is 37.3 Å². The molecule has 0 saturated carbocycles. The number of aromatic amines is 1. The van der Waals surface area contributed by atoms with Crippen LogP contribution in [-0.4, -0.2) is 53.0 Å². The van der Waals surface area contributed by atoms with Gasteiger partial charge in [-0.1, -0.05) is 6.08 Å². The van der Waals surface area contributed by atoms with Crippen LogP contribution >= 0.6 is 11.3 Å². The number of allylic oxidation sites excluding steroid dienone is 1. The largest absolute Gasteiger partial charge is 0.501 e. The molecule has 3 heterocycles. The number of thiophene rings is 1. The summed E-state index contributed by atoms with van der Waals surface area (Å²) in [5, 5.41) is 18.3. The fourth-order valence-corrected chi connectivity index (χ4v) is 4.06. The van der Waals surface area contributed by atoms with E-state index in [4.69, 9.17) is 4.74 Å². The zero-order chi connectivity index (χ0) is 21.3. The zero-order valence-electron chi connectivity index (χ0n) is 18.0. The van der Waals surface area contributed by atoms with E-state index in [-0.39, 0.29) is 6.10 Å². The van der Waals surface area contributed by atoms with Gasteiger partial charge >= 0.3 is 0 Å². The van der Waals surface area contributed by atoms with Crippen molar-refractivity contribution in [3.05, 3.63) is 51.0 Å².